The molecule has 60 valence electrons. The van der Waals surface area contributed by atoms with Crippen LogP contribution in [-0.4, -0.2) is 44.3 Å². The third kappa shape index (κ3) is 3.41. The van der Waals surface area contributed by atoms with Crippen molar-refractivity contribution in [3.8, 4) is 0 Å². The smallest absolute Gasteiger partial charge is 0.384 e. The highest BCUT2D eigenvalue weighted by molar-refractivity contribution is 6.64. The van der Waals surface area contributed by atoms with Crippen LogP contribution >= 0.6 is 0 Å². The van der Waals surface area contributed by atoms with Crippen molar-refractivity contribution < 1.29 is 19.2 Å². The van der Waals surface area contributed by atoms with Gasteiger partial charge in [-0.25, -0.2) is 0 Å². The molecule has 6 N–H and O–H groups in total. The molecule has 0 bridgehead atoms. The van der Waals surface area contributed by atoms with Crippen LogP contribution in [0.3, 0.4) is 0 Å². The van der Waals surface area contributed by atoms with E-state index in [0.717, 1.165) is 0 Å². The predicted octanol–water partition coefficient (Wildman–Crippen LogP) is -2.81. The third-order valence-electron chi connectivity index (χ3n) is 1.08. The Balaban J connectivity index is 3.73. The summed E-state index contributed by atoms with van der Waals surface area (Å²) in [5.41, 5.74) is 5.09. The molecular weight excluding hydrogens is 170 g/mol. The van der Waals surface area contributed by atoms with Gasteiger partial charge in [0, 0.05) is 0 Å². The summed E-state index contributed by atoms with van der Waals surface area (Å²) >= 11 is 0. The van der Waals surface area contributed by atoms with E-state index in [0.29, 0.717) is 0 Å². The lowest BCUT2D eigenvalue weighted by molar-refractivity contribution is 0.355. The largest absolute Gasteiger partial charge is 0.410 e. The van der Waals surface area contributed by atoms with E-state index in [1.807, 2.05) is 0 Å². The van der Waals surface area contributed by atoms with Gasteiger partial charge in [-0.15, -0.1) is 0 Å². The van der Waals surface area contributed by atoms with Gasteiger partial charge in [0.15, 0.2) is 0 Å². The molecule has 0 saturated heterocycles. The van der Waals surface area contributed by atoms with Crippen LogP contribution in [0.5, 0.6) is 0 Å². The molecule has 0 aliphatic rings. The second-order valence-electron chi connectivity index (χ2n) is 1.85. The van der Waals surface area contributed by atoms with Crippen molar-refractivity contribution in [2.24, 2.45) is 5.73 Å². The molecule has 0 unspecified atom stereocenters. The summed E-state index contributed by atoms with van der Waals surface area (Å²) in [7, 11) is -5.14. The van der Waals surface area contributed by atoms with Crippen LogP contribution in [0.4, 0.5) is 0 Å². The molecule has 0 aromatic heterocycles. The minimum atomic E-state index is -2.57. The molecule has 0 heterocycles. The van der Waals surface area contributed by atoms with Crippen molar-refractivity contribution in [2.45, 2.75) is 11.6 Å². The van der Waals surface area contributed by atoms with Crippen molar-refractivity contribution >= 4 is 18.6 Å². The van der Waals surface area contributed by atoms with E-state index in [4.69, 9.17) is 24.9 Å². The lowest BCUT2D eigenvalue weighted by Crippen LogP contribution is -2.35. The average molecular weight is 181 g/mol. The molecule has 0 aromatic rings. The fourth-order valence-corrected chi connectivity index (χ4v) is 2.31. The highest BCUT2D eigenvalue weighted by Gasteiger charge is 2.30. The number of hydrogen-bond acceptors (Lipinski definition) is 5. The van der Waals surface area contributed by atoms with Gasteiger partial charge in [0.25, 0.3) is 0 Å². The van der Waals surface area contributed by atoms with Gasteiger partial charge in [0.2, 0.25) is 0 Å². The number of hydrogen-bond donors (Lipinski definition) is 5. The minimum absolute atomic E-state index is 0.245. The molecule has 0 saturated carbocycles. The zero-order valence-electron chi connectivity index (χ0n) is 5.36. The van der Waals surface area contributed by atoms with Crippen molar-refractivity contribution in [3.63, 3.8) is 0 Å². The van der Waals surface area contributed by atoms with E-state index in [-0.39, 0.29) is 13.0 Å². The predicted molar refractivity (Wildman–Crippen MR) is 37.8 cm³/mol. The van der Waals surface area contributed by atoms with Crippen molar-refractivity contribution in [2.75, 3.05) is 6.54 Å². The zero-order chi connectivity index (χ0) is 8.15. The van der Waals surface area contributed by atoms with Gasteiger partial charge in [0.05, 0.1) is 5.16 Å². The summed E-state index contributed by atoms with van der Waals surface area (Å²) in [5.74, 6) is 0. The Kier molecular flexibility index (Phi) is 5.08. The summed E-state index contributed by atoms with van der Waals surface area (Å²) in [6.45, 7) is 0.245. The highest BCUT2D eigenvalue weighted by Crippen LogP contribution is 2.11. The lowest BCUT2D eigenvalue weighted by atomic mass is 10.5. The van der Waals surface area contributed by atoms with Crippen LogP contribution in [0.1, 0.15) is 6.42 Å². The molecule has 2 radical (unpaired) electrons. The molecule has 0 spiro atoms. The topological polar surface area (TPSA) is 107 Å². The second kappa shape index (κ2) is 4.96. The molecular formula is C3H11NO4Si2. The summed E-state index contributed by atoms with van der Waals surface area (Å²) in [5, 5.41) is -0.764. The standard InChI is InChI=1S/C3H11NO4Si2/c4-2-1-3(9(5)6)10(7)8/h3,5-8H,1-2,4H2. The molecule has 0 fully saturated rings. The summed E-state index contributed by atoms with van der Waals surface area (Å²) in [4.78, 5) is 34.5. The molecule has 0 amide bonds. The van der Waals surface area contributed by atoms with E-state index in [2.05, 4.69) is 0 Å². The van der Waals surface area contributed by atoms with E-state index in [1.54, 1.807) is 0 Å². The van der Waals surface area contributed by atoms with Crippen LogP contribution in [0, 0.1) is 0 Å². The Morgan fingerprint density at radius 3 is 1.60 bits per heavy atom. The van der Waals surface area contributed by atoms with Gasteiger partial charge in [0.1, 0.15) is 0 Å². The van der Waals surface area contributed by atoms with E-state index in [9.17, 15) is 0 Å². The van der Waals surface area contributed by atoms with Crippen LogP contribution in [0.25, 0.3) is 0 Å². The first-order chi connectivity index (χ1) is 4.59. The fourth-order valence-electron chi connectivity index (χ4n) is 0.540. The first-order valence-corrected chi connectivity index (χ1v) is 5.73. The number of nitrogens with two attached hydrogens (primary N) is 1. The SMILES string of the molecule is NCCC([Si](O)O)[Si](O)O. The van der Waals surface area contributed by atoms with Crippen molar-refractivity contribution in [3.05, 3.63) is 0 Å². The Bertz CT molecular complexity index is 82.6. The Morgan fingerprint density at radius 2 is 1.50 bits per heavy atom. The first kappa shape index (κ1) is 10.2. The Labute approximate surface area is 62.4 Å². The van der Waals surface area contributed by atoms with Gasteiger partial charge < -0.3 is 24.9 Å². The van der Waals surface area contributed by atoms with E-state index in [1.165, 1.54) is 0 Å². The van der Waals surface area contributed by atoms with Gasteiger partial charge in [-0.1, -0.05) is 0 Å². The monoisotopic (exact) mass is 181 g/mol. The molecule has 0 aromatic carbocycles. The third-order valence-corrected chi connectivity index (χ3v) is 4.45. The quantitative estimate of drug-likeness (QED) is 0.301. The maximum absolute atomic E-state index is 8.62. The maximum Gasteiger partial charge on any atom is 0.384 e. The van der Waals surface area contributed by atoms with E-state index >= 15 is 0 Å². The van der Waals surface area contributed by atoms with Crippen molar-refractivity contribution in [1.82, 2.24) is 0 Å². The molecule has 5 nitrogen and oxygen atoms in total. The van der Waals surface area contributed by atoms with Crippen LogP contribution < -0.4 is 5.73 Å². The van der Waals surface area contributed by atoms with Crippen molar-refractivity contribution in [1.29, 1.82) is 0 Å². The molecule has 0 aliphatic carbocycles. The lowest BCUT2D eigenvalue weighted by Gasteiger charge is -2.12. The first-order valence-electron chi connectivity index (χ1n) is 2.79. The van der Waals surface area contributed by atoms with Crippen LogP contribution in [0.2, 0.25) is 5.16 Å². The Hall–Kier alpha value is 0.234. The average Bonchev–Trinajstić information content (AvgIpc) is 1.81. The normalized spacial score (nSPS) is 12.0. The van der Waals surface area contributed by atoms with Gasteiger partial charge >= 0.3 is 18.6 Å². The maximum atomic E-state index is 8.62. The molecule has 0 rings (SSSR count). The molecule has 0 atom stereocenters. The molecule has 0 aliphatic heterocycles. The Morgan fingerprint density at radius 1 is 1.10 bits per heavy atom. The summed E-state index contributed by atoms with van der Waals surface area (Å²) in [6.07, 6.45) is 0.266. The summed E-state index contributed by atoms with van der Waals surface area (Å²) < 4.78 is 0. The van der Waals surface area contributed by atoms with Gasteiger partial charge in [-0.3, -0.25) is 0 Å². The molecule has 7 heteroatoms. The van der Waals surface area contributed by atoms with Gasteiger partial charge in [-0.2, -0.15) is 0 Å². The van der Waals surface area contributed by atoms with E-state index < -0.39 is 23.7 Å². The highest BCUT2D eigenvalue weighted by atomic mass is 28.4. The molecule has 10 heavy (non-hydrogen) atoms. The van der Waals surface area contributed by atoms with Crippen LogP contribution in [-0.2, 0) is 0 Å². The second-order valence-corrected chi connectivity index (χ2v) is 5.25. The van der Waals surface area contributed by atoms with Gasteiger partial charge in [-0.05, 0) is 13.0 Å². The number of rotatable bonds is 4. The fraction of sp³-hybridized carbons (Fsp3) is 1.00. The summed E-state index contributed by atoms with van der Waals surface area (Å²) in [6, 6.07) is 0. The van der Waals surface area contributed by atoms with Crippen LogP contribution in [0.15, 0.2) is 0 Å². The zero-order valence-corrected chi connectivity index (χ0v) is 7.36. The minimum Gasteiger partial charge on any atom is -0.410 e.